The number of allylic oxidation sites excluding steroid dienone is 5. The molecule has 0 N–H and O–H groups in total. The fourth-order valence-corrected chi connectivity index (χ4v) is 2.20. The smallest absolute Gasteiger partial charge is 0.125 e. The summed E-state index contributed by atoms with van der Waals surface area (Å²) in [5, 5.41) is 0. The molecule has 0 radical (unpaired) electrons. The predicted molar refractivity (Wildman–Crippen MR) is 87.7 cm³/mol. The van der Waals surface area contributed by atoms with E-state index < -0.39 is 0 Å². The molecule has 0 aromatic heterocycles. The number of rotatable bonds is 5. The predicted octanol–water partition coefficient (Wildman–Crippen LogP) is 4.73. The summed E-state index contributed by atoms with van der Waals surface area (Å²) in [6.45, 7) is 3.94. The van der Waals surface area contributed by atoms with Crippen molar-refractivity contribution in [2.75, 3.05) is 14.2 Å². The monoisotopic (exact) mass is 316 g/mol. The minimum atomic E-state index is -0.381. The Morgan fingerprint density at radius 1 is 1.13 bits per heavy atom. The Kier molecular flexibility index (Phi) is 5.66. The van der Waals surface area contributed by atoms with E-state index in [0.717, 1.165) is 5.56 Å². The zero-order valence-corrected chi connectivity index (χ0v) is 13.1. The van der Waals surface area contributed by atoms with Crippen molar-refractivity contribution in [3.63, 3.8) is 0 Å². The van der Waals surface area contributed by atoms with Crippen molar-refractivity contribution in [1.29, 1.82) is 0 Å². The molecule has 1 unspecified atom stereocenters. The van der Waals surface area contributed by atoms with E-state index in [9.17, 15) is 8.78 Å². The van der Waals surface area contributed by atoms with Crippen LogP contribution in [-0.2, 0) is 9.47 Å². The van der Waals surface area contributed by atoms with Gasteiger partial charge in [-0.1, -0.05) is 24.8 Å². The van der Waals surface area contributed by atoms with Gasteiger partial charge in [0.05, 0.1) is 7.11 Å². The Bertz CT molecular complexity index is 695. The lowest BCUT2D eigenvalue weighted by atomic mass is 10.0. The van der Waals surface area contributed by atoms with Gasteiger partial charge in [-0.05, 0) is 47.6 Å². The van der Waals surface area contributed by atoms with Gasteiger partial charge in [0.15, 0.2) is 0 Å². The standard InChI is InChI=1S/C19H18F2O2/c1-13(14-5-7-15(20)8-6-14)4-10-18(22-2)17-12-16(21)9-11-19(17)23-3/h4-12,19H,1H2,2-3H3/b10-4-,18-17-. The highest BCUT2D eigenvalue weighted by Crippen LogP contribution is 2.25. The van der Waals surface area contributed by atoms with Crippen LogP contribution in [0, 0.1) is 5.82 Å². The molecular weight excluding hydrogens is 298 g/mol. The summed E-state index contributed by atoms with van der Waals surface area (Å²) in [5.74, 6) is -0.198. The van der Waals surface area contributed by atoms with Crippen LogP contribution >= 0.6 is 0 Å². The van der Waals surface area contributed by atoms with E-state index in [1.807, 2.05) is 0 Å². The normalized spacial score (nSPS) is 19.7. The van der Waals surface area contributed by atoms with Crippen LogP contribution in [0.1, 0.15) is 5.56 Å². The van der Waals surface area contributed by atoms with E-state index in [2.05, 4.69) is 6.58 Å². The highest BCUT2D eigenvalue weighted by molar-refractivity contribution is 5.72. The van der Waals surface area contributed by atoms with Gasteiger partial charge in [0, 0.05) is 12.7 Å². The molecule has 1 aliphatic rings. The summed E-state index contributed by atoms with van der Waals surface area (Å²) < 4.78 is 37.1. The van der Waals surface area contributed by atoms with Crippen LogP contribution in [0.4, 0.5) is 8.78 Å². The fraction of sp³-hybridized carbons (Fsp3) is 0.158. The summed E-state index contributed by atoms with van der Waals surface area (Å²) in [5.41, 5.74) is 2.06. The third-order valence-electron chi connectivity index (χ3n) is 3.44. The molecule has 23 heavy (non-hydrogen) atoms. The minimum Gasteiger partial charge on any atom is -0.496 e. The van der Waals surface area contributed by atoms with Gasteiger partial charge in [-0.25, -0.2) is 8.78 Å². The first-order chi connectivity index (χ1) is 11.0. The molecule has 2 rings (SSSR count). The van der Waals surface area contributed by atoms with Gasteiger partial charge in [0.1, 0.15) is 23.5 Å². The maximum atomic E-state index is 13.5. The maximum Gasteiger partial charge on any atom is 0.125 e. The Hall–Kier alpha value is -2.46. The average molecular weight is 316 g/mol. The summed E-state index contributed by atoms with van der Waals surface area (Å²) in [6, 6.07) is 6.02. The van der Waals surface area contributed by atoms with Crippen molar-refractivity contribution in [3.8, 4) is 0 Å². The minimum absolute atomic E-state index is 0.303. The lowest BCUT2D eigenvalue weighted by Crippen LogP contribution is -2.14. The lowest BCUT2D eigenvalue weighted by Gasteiger charge is -2.18. The first-order valence-electron chi connectivity index (χ1n) is 7.04. The van der Waals surface area contributed by atoms with Crippen molar-refractivity contribution in [3.05, 3.63) is 89.8 Å². The van der Waals surface area contributed by atoms with Crippen molar-refractivity contribution in [2.45, 2.75) is 6.10 Å². The molecule has 4 heteroatoms. The summed E-state index contributed by atoms with van der Waals surface area (Å²) in [7, 11) is 3.05. The third kappa shape index (κ3) is 4.27. The molecule has 2 nitrogen and oxygen atoms in total. The Morgan fingerprint density at radius 3 is 2.43 bits per heavy atom. The highest BCUT2D eigenvalue weighted by atomic mass is 19.1. The van der Waals surface area contributed by atoms with Gasteiger partial charge in [0.25, 0.3) is 0 Å². The number of halogens is 2. The van der Waals surface area contributed by atoms with E-state index in [1.54, 1.807) is 37.5 Å². The van der Waals surface area contributed by atoms with Crippen molar-refractivity contribution in [2.24, 2.45) is 0 Å². The lowest BCUT2D eigenvalue weighted by molar-refractivity contribution is 0.163. The second-order valence-electron chi connectivity index (χ2n) is 4.93. The molecule has 0 bridgehead atoms. The number of methoxy groups -OCH3 is 2. The van der Waals surface area contributed by atoms with Crippen LogP contribution in [0.25, 0.3) is 5.57 Å². The molecule has 0 fully saturated rings. The van der Waals surface area contributed by atoms with Crippen LogP contribution in [0.5, 0.6) is 0 Å². The summed E-state index contributed by atoms with van der Waals surface area (Å²) in [6.07, 6.45) is 7.38. The zero-order valence-electron chi connectivity index (χ0n) is 13.1. The maximum absolute atomic E-state index is 13.5. The van der Waals surface area contributed by atoms with Crippen LogP contribution in [-0.4, -0.2) is 20.3 Å². The van der Waals surface area contributed by atoms with E-state index in [4.69, 9.17) is 9.47 Å². The van der Waals surface area contributed by atoms with Gasteiger partial charge in [0.2, 0.25) is 0 Å². The highest BCUT2D eigenvalue weighted by Gasteiger charge is 2.17. The first-order valence-corrected chi connectivity index (χ1v) is 7.04. The van der Waals surface area contributed by atoms with Crippen molar-refractivity contribution >= 4 is 5.57 Å². The number of hydrogen-bond acceptors (Lipinski definition) is 2. The molecule has 0 aliphatic heterocycles. The van der Waals surface area contributed by atoms with Crippen molar-refractivity contribution in [1.82, 2.24) is 0 Å². The Morgan fingerprint density at radius 2 is 1.83 bits per heavy atom. The SMILES string of the molecule is C=C(/C=C\C(OC)=C1/C=C(F)C=CC1OC)c1ccc(F)cc1. The van der Waals surface area contributed by atoms with Gasteiger partial charge in [-0.15, -0.1) is 0 Å². The second-order valence-corrected chi connectivity index (χ2v) is 4.93. The van der Waals surface area contributed by atoms with E-state index in [1.165, 1.54) is 31.4 Å². The summed E-state index contributed by atoms with van der Waals surface area (Å²) >= 11 is 0. The van der Waals surface area contributed by atoms with Gasteiger partial charge >= 0.3 is 0 Å². The molecule has 0 spiro atoms. The van der Waals surface area contributed by atoms with E-state index >= 15 is 0 Å². The van der Waals surface area contributed by atoms with Crippen LogP contribution in [0.3, 0.4) is 0 Å². The molecule has 0 saturated carbocycles. The third-order valence-corrected chi connectivity index (χ3v) is 3.44. The summed E-state index contributed by atoms with van der Waals surface area (Å²) in [4.78, 5) is 0. The second kappa shape index (κ2) is 7.70. The molecule has 1 aromatic carbocycles. The average Bonchev–Trinajstić information content (AvgIpc) is 2.56. The van der Waals surface area contributed by atoms with E-state index in [0.29, 0.717) is 16.9 Å². The number of benzene rings is 1. The van der Waals surface area contributed by atoms with Gasteiger partial charge in [-0.2, -0.15) is 0 Å². The first kappa shape index (κ1) is 16.9. The molecule has 1 aromatic rings. The molecule has 0 saturated heterocycles. The molecule has 0 heterocycles. The molecular formula is C19H18F2O2. The topological polar surface area (TPSA) is 18.5 Å². The number of ether oxygens (including phenoxy) is 2. The van der Waals surface area contributed by atoms with Gasteiger partial charge in [-0.3, -0.25) is 0 Å². The molecule has 120 valence electrons. The molecule has 1 atom stereocenters. The van der Waals surface area contributed by atoms with Crippen LogP contribution in [0.2, 0.25) is 0 Å². The van der Waals surface area contributed by atoms with Crippen LogP contribution < -0.4 is 0 Å². The van der Waals surface area contributed by atoms with Crippen LogP contribution in [0.15, 0.2) is 78.4 Å². The molecule has 1 aliphatic carbocycles. The fourth-order valence-electron chi connectivity index (χ4n) is 2.20. The largest absolute Gasteiger partial charge is 0.496 e. The number of hydrogen-bond donors (Lipinski definition) is 0. The molecule has 0 amide bonds. The Labute approximate surface area is 134 Å². The van der Waals surface area contributed by atoms with E-state index in [-0.39, 0.29) is 17.7 Å². The van der Waals surface area contributed by atoms with Crippen molar-refractivity contribution < 1.29 is 18.3 Å². The zero-order chi connectivity index (χ0) is 16.8. The Balaban J connectivity index is 2.27. The van der Waals surface area contributed by atoms with Gasteiger partial charge < -0.3 is 9.47 Å². The quantitative estimate of drug-likeness (QED) is 0.577.